The van der Waals surface area contributed by atoms with Crippen LogP contribution in [-0.4, -0.2) is 9.88 Å². The highest BCUT2D eigenvalue weighted by Crippen LogP contribution is 2.49. The standard InChI is InChI=1S/C20H23F2N2O4PS/c1-4-15(12-8-13(21)10-14(22)9-12)28-29(25,26)16-5-6-27-19(16)18-17(7-11(2)3)30-20(23)24-18/h5-6,8-11,15H,4,7H2,1-3H3,(H2,23,24)(H,25,26). The summed E-state index contributed by atoms with van der Waals surface area (Å²) in [6, 6.07) is 4.22. The van der Waals surface area contributed by atoms with Crippen molar-refractivity contribution in [1.29, 1.82) is 0 Å². The van der Waals surface area contributed by atoms with E-state index in [1.165, 1.54) is 23.7 Å². The van der Waals surface area contributed by atoms with Crippen molar-refractivity contribution in [1.82, 2.24) is 4.98 Å². The van der Waals surface area contributed by atoms with Gasteiger partial charge in [-0.1, -0.05) is 20.8 Å². The Morgan fingerprint density at radius 3 is 2.57 bits per heavy atom. The maximum absolute atomic E-state index is 13.6. The van der Waals surface area contributed by atoms with Crippen LogP contribution in [0.2, 0.25) is 0 Å². The second-order valence-corrected chi connectivity index (χ2v) is 10.1. The van der Waals surface area contributed by atoms with Gasteiger partial charge in [0.15, 0.2) is 10.9 Å². The summed E-state index contributed by atoms with van der Waals surface area (Å²) in [4.78, 5) is 15.8. The minimum absolute atomic E-state index is 0.0758. The summed E-state index contributed by atoms with van der Waals surface area (Å²) in [5.41, 5.74) is 6.39. The summed E-state index contributed by atoms with van der Waals surface area (Å²) in [6.07, 6.45) is 1.17. The molecule has 162 valence electrons. The van der Waals surface area contributed by atoms with Gasteiger partial charge in [0.25, 0.3) is 0 Å². The molecule has 6 nitrogen and oxygen atoms in total. The Kier molecular flexibility index (Phi) is 6.77. The maximum atomic E-state index is 13.6. The zero-order valence-corrected chi connectivity index (χ0v) is 18.5. The number of hydrogen-bond donors (Lipinski definition) is 2. The fraction of sp³-hybridized carbons (Fsp3) is 0.350. The number of aromatic nitrogens is 1. The molecule has 0 bridgehead atoms. The number of thiazole rings is 1. The molecule has 2 heterocycles. The third kappa shape index (κ3) is 4.98. The van der Waals surface area contributed by atoms with Gasteiger partial charge in [0.1, 0.15) is 22.6 Å². The number of furan rings is 1. The fourth-order valence-electron chi connectivity index (χ4n) is 3.12. The van der Waals surface area contributed by atoms with E-state index in [4.69, 9.17) is 14.7 Å². The summed E-state index contributed by atoms with van der Waals surface area (Å²) in [5.74, 6) is -1.17. The van der Waals surface area contributed by atoms with Crippen molar-refractivity contribution in [2.45, 2.75) is 39.7 Å². The summed E-state index contributed by atoms with van der Waals surface area (Å²) >= 11 is 1.29. The van der Waals surface area contributed by atoms with E-state index < -0.39 is 25.3 Å². The first kappa shape index (κ1) is 22.6. The minimum atomic E-state index is -4.43. The average molecular weight is 456 g/mol. The smallest absolute Gasteiger partial charge is 0.363 e. The number of halogens is 2. The zero-order valence-electron chi connectivity index (χ0n) is 16.8. The third-order valence-corrected chi connectivity index (χ3v) is 6.78. The zero-order chi connectivity index (χ0) is 22.1. The quantitative estimate of drug-likeness (QED) is 0.438. The summed E-state index contributed by atoms with van der Waals surface area (Å²) in [6.45, 7) is 5.76. The Bertz CT molecular complexity index is 1060. The van der Waals surface area contributed by atoms with Gasteiger partial charge in [-0.25, -0.2) is 13.8 Å². The molecule has 0 saturated carbocycles. The maximum Gasteiger partial charge on any atom is 0.363 e. The van der Waals surface area contributed by atoms with E-state index >= 15 is 0 Å². The van der Waals surface area contributed by atoms with Crippen LogP contribution in [0.4, 0.5) is 13.9 Å². The Balaban J connectivity index is 1.97. The molecule has 0 radical (unpaired) electrons. The monoisotopic (exact) mass is 456 g/mol. The van der Waals surface area contributed by atoms with Gasteiger partial charge in [-0.15, -0.1) is 11.3 Å². The highest BCUT2D eigenvalue weighted by atomic mass is 32.1. The molecule has 2 atom stereocenters. The first-order valence-electron chi connectivity index (χ1n) is 9.41. The van der Waals surface area contributed by atoms with Crippen LogP contribution >= 0.6 is 18.9 Å². The number of nitrogens with zero attached hydrogens (tertiary/aromatic N) is 1. The van der Waals surface area contributed by atoms with Crippen LogP contribution in [0.15, 0.2) is 34.9 Å². The summed E-state index contributed by atoms with van der Waals surface area (Å²) in [7, 11) is -4.43. The molecule has 3 aromatic rings. The average Bonchev–Trinajstić information content (AvgIpc) is 3.25. The molecule has 0 spiro atoms. The fourth-order valence-corrected chi connectivity index (χ4v) is 5.55. The lowest BCUT2D eigenvalue weighted by Gasteiger charge is -2.20. The van der Waals surface area contributed by atoms with E-state index in [2.05, 4.69) is 4.98 Å². The molecular formula is C20H23F2N2O4PS. The van der Waals surface area contributed by atoms with Crippen LogP contribution in [0.25, 0.3) is 11.5 Å². The molecule has 2 aromatic heterocycles. The third-order valence-electron chi connectivity index (χ3n) is 4.37. The second-order valence-electron chi connectivity index (χ2n) is 7.28. The normalized spacial score (nSPS) is 14.8. The van der Waals surface area contributed by atoms with Gasteiger partial charge in [0.2, 0.25) is 0 Å². The van der Waals surface area contributed by atoms with Crippen molar-refractivity contribution in [2.75, 3.05) is 5.73 Å². The number of anilines is 1. The van der Waals surface area contributed by atoms with E-state index in [-0.39, 0.29) is 23.0 Å². The lowest BCUT2D eigenvalue weighted by molar-refractivity contribution is 0.177. The van der Waals surface area contributed by atoms with E-state index in [9.17, 15) is 18.2 Å². The topological polar surface area (TPSA) is 98.6 Å². The number of rotatable bonds is 8. The molecule has 0 saturated heterocycles. The highest BCUT2D eigenvalue weighted by molar-refractivity contribution is 7.61. The first-order valence-corrected chi connectivity index (χ1v) is 11.8. The van der Waals surface area contributed by atoms with Crippen molar-refractivity contribution >= 4 is 29.4 Å². The van der Waals surface area contributed by atoms with Crippen LogP contribution in [0, 0.1) is 17.6 Å². The van der Waals surface area contributed by atoms with E-state index in [0.717, 1.165) is 23.1 Å². The van der Waals surface area contributed by atoms with Gasteiger partial charge < -0.3 is 15.0 Å². The largest absolute Gasteiger partial charge is 0.462 e. The molecule has 2 unspecified atom stereocenters. The molecule has 0 aliphatic rings. The number of nitrogens with two attached hydrogens (primary N) is 1. The van der Waals surface area contributed by atoms with E-state index in [1.54, 1.807) is 6.92 Å². The Hall–Kier alpha value is -2.06. The van der Waals surface area contributed by atoms with Gasteiger partial charge in [-0.2, -0.15) is 0 Å². The molecule has 3 rings (SSSR count). The lowest BCUT2D eigenvalue weighted by atomic mass is 10.1. The van der Waals surface area contributed by atoms with Crippen molar-refractivity contribution in [3.05, 3.63) is 52.6 Å². The molecular weight excluding hydrogens is 433 g/mol. The molecule has 3 N–H and O–H groups in total. The number of nitrogen functional groups attached to an aromatic ring is 1. The van der Waals surface area contributed by atoms with Crippen LogP contribution in [-0.2, 0) is 15.5 Å². The molecule has 0 fully saturated rings. The summed E-state index contributed by atoms with van der Waals surface area (Å²) < 4.78 is 51.3. The highest BCUT2D eigenvalue weighted by Gasteiger charge is 2.34. The van der Waals surface area contributed by atoms with Crippen molar-refractivity contribution in [3.8, 4) is 11.5 Å². The van der Waals surface area contributed by atoms with Gasteiger partial charge >= 0.3 is 7.60 Å². The molecule has 10 heteroatoms. The Morgan fingerprint density at radius 1 is 1.30 bits per heavy atom. The van der Waals surface area contributed by atoms with Crippen molar-refractivity contribution < 1.29 is 27.2 Å². The SMILES string of the molecule is CCC(OP(=O)(O)c1ccoc1-c1nc(N)sc1CC(C)C)c1cc(F)cc(F)c1. The van der Waals surface area contributed by atoms with Gasteiger partial charge in [0.05, 0.1) is 12.4 Å². The second kappa shape index (κ2) is 8.98. The first-order chi connectivity index (χ1) is 14.1. The lowest BCUT2D eigenvalue weighted by Crippen LogP contribution is -2.12. The van der Waals surface area contributed by atoms with Crippen LogP contribution in [0.3, 0.4) is 0 Å². The predicted molar refractivity (Wildman–Crippen MR) is 113 cm³/mol. The van der Waals surface area contributed by atoms with Crippen LogP contribution in [0.5, 0.6) is 0 Å². The number of benzene rings is 1. The molecule has 0 aliphatic carbocycles. The van der Waals surface area contributed by atoms with Crippen LogP contribution < -0.4 is 11.0 Å². The molecule has 0 aliphatic heterocycles. The van der Waals surface area contributed by atoms with Crippen LogP contribution in [0.1, 0.15) is 43.7 Å². The van der Waals surface area contributed by atoms with Crippen molar-refractivity contribution in [2.24, 2.45) is 5.92 Å². The summed E-state index contributed by atoms with van der Waals surface area (Å²) in [5, 5.41) is 0.242. The van der Waals surface area contributed by atoms with Crippen molar-refractivity contribution in [3.63, 3.8) is 0 Å². The Morgan fingerprint density at radius 2 is 1.97 bits per heavy atom. The molecule has 1 aromatic carbocycles. The predicted octanol–water partition coefficient (Wildman–Crippen LogP) is 5.44. The Labute approximate surface area is 177 Å². The van der Waals surface area contributed by atoms with E-state index in [1.807, 2.05) is 13.8 Å². The van der Waals surface area contributed by atoms with Gasteiger partial charge in [-0.05, 0) is 42.5 Å². The molecule has 0 amide bonds. The van der Waals surface area contributed by atoms with Gasteiger partial charge in [-0.3, -0.25) is 9.09 Å². The van der Waals surface area contributed by atoms with Gasteiger partial charge in [0, 0.05) is 10.9 Å². The molecule has 30 heavy (non-hydrogen) atoms. The minimum Gasteiger partial charge on any atom is -0.462 e. The van der Waals surface area contributed by atoms with E-state index in [0.29, 0.717) is 23.2 Å². The number of hydrogen-bond acceptors (Lipinski definition) is 6.